The van der Waals surface area contributed by atoms with Crippen molar-refractivity contribution in [3.63, 3.8) is 0 Å². The lowest BCUT2D eigenvalue weighted by molar-refractivity contribution is -0.149. The maximum atomic E-state index is 14.4. The molecule has 1 aliphatic rings. The van der Waals surface area contributed by atoms with E-state index in [1.165, 1.54) is 18.2 Å². The van der Waals surface area contributed by atoms with Crippen LogP contribution in [0.1, 0.15) is 29.9 Å². The molecule has 146 valence electrons. The fourth-order valence-electron chi connectivity index (χ4n) is 3.49. The van der Waals surface area contributed by atoms with Gasteiger partial charge in [0.1, 0.15) is 11.7 Å². The third kappa shape index (κ3) is 4.60. The first kappa shape index (κ1) is 20.1. The second-order valence-corrected chi connectivity index (χ2v) is 7.16. The van der Waals surface area contributed by atoms with Crippen molar-refractivity contribution >= 4 is 23.5 Å². The number of carbonyl (C=O) groups excluding carboxylic acids is 2. The van der Waals surface area contributed by atoms with E-state index in [9.17, 15) is 14.0 Å². The number of esters is 1. The topological polar surface area (TPSA) is 55.4 Å². The Labute approximate surface area is 168 Å². The summed E-state index contributed by atoms with van der Waals surface area (Å²) in [7, 11) is 0. The van der Waals surface area contributed by atoms with Gasteiger partial charge in [-0.3, -0.25) is 9.59 Å². The van der Waals surface area contributed by atoms with E-state index in [4.69, 9.17) is 16.3 Å². The maximum absolute atomic E-state index is 14.4. The summed E-state index contributed by atoms with van der Waals surface area (Å²) in [6.07, 6.45) is 1.37. The molecule has 1 amide bonds. The monoisotopic (exact) mass is 401 g/mol. The van der Waals surface area contributed by atoms with Crippen molar-refractivity contribution in [1.82, 2.24) is 5.32 Å². The van der Waals surface area contributed by atoms with E-state index in [0.29, 0.717) is 6.42 Å². The van der Waals surface area contributed by atoms with Crippen LogP contribution >= 0.6 is 11.6 Å². The predicted molar refractivity (Wildman–Crippen MR) is 105 cm³/mol. The molecule has 0 unspecified atom stereocenters. The van der Waals surface area contributed by atoms with Gasteiger partial charge < -0.3 is 10.1 Å². The lowest BCUT2D eigenvalue weighted by Gasteiger charge is -2.32. The van der Waals surface area contributed by atoms with Gasteiger partial charge in [0.2, 0.25) is 5.91 Å². The molecule has 1 saturated heterocycles. The average Bonchev–Trinajstić information content (AvgIpc) is 2.65. The van der Waals surface area contributed by atoms with E-state index in [1.54, 1.807) is 0 Å². The molecule has 1 aliphatic heterocycles. The van der Waals surface area contributed by atoms with Gasteiger partial charge >= 0.3 is 5.97 Å². The lowest BCUT2D eigenvalue weighted by Crippen LogP contribution is -2.42. The van der Waals surface area contributed by atoms with Gasteiger partial charge in [-0.1, -0.05) is 54.6 Å². The highest BCUT2D eigenvalue weighted by Gasteiger charge is 2.41. The predicted octanol–water partition coefficient (Wildman–Crippen LogP) is 4.39. The summed E-state index contributed by atoms with van der Waals surface area (Å²) in [6.45, 7) is 4.01. The van der Waals surface area contributed by atoms with Crippen LogP contribution in [-0.4, -0.2) is 18.5 Å². The van der Waals surface area contributed by atoms with Crippen molar-refractivity contribution in [2.75, 3.05) is 6.61 Å². The van der Waals surface area contributed by atoms with Crippen LogP contribution in [-0.2, 0) is 20.7 Å². The van der Waals surface area contributed by atoms with Gasteiger partial charge in [-0.25, -0.2) is 4.39 Å². The number of hydrogen-bond donors (Lipinski definition) is 1. The maximum Gasteiger partial charge on any atom is 0.315 e. The first-order chi connectivity index (χ1) is 13.5. The number of carbonyl (C=O) groups is 2. The van der Waals surface area contributed by atoms with Crippen LogP contribution in [0.5, 0.6) is 0 Å². The summed E-state index contributed by atoms with van der Waals surface area (Å²) < 4.78 is 19.8. The second kappa shape index (κ2) is 9.02. The second-order valence-electron chi connectivity index (χ2n) is 6.75. The van der Waals surface area contributed by atoms with E-state index in [0.717, 1.165) is 12.0 Å². The third-order valence-corrected chi connectivity index (χ3v) is 5.13. The molecule has 6 heteroatoms. The molecule has 1 heterocycles. The number of amides is 1. The van der Waals surface area contributed by atoms with Gasteiger partial charge in [0.05, 0.1) is 6.61 Å². The molecule has 28 heavy (non-hydrogen) atoms. The number of piperidine rings is 1. The molecule has 0 spiro atoms. The Morgan fingerprint density at radius 3 is 2.68 bits per heavy atom. The molecule has 4 nitrogen and oxygen atoms in total. The first-order valence-electron chi connectivity index (χ1n) is 9.10. The van der Waals surface area contributed by atoms with Crippen molar-refractivity contribution in [3.8, 4) is 0 Å². The van der Waals surface area contributed by atoms with Gasteiger partial charge in [-0.2, -0.15) is 0 Å². The van der Waals surface area contributed by atoms with Crippen LogP contribution in [0.2, 0.25) is 5.02 Å². The zero-order valence-electron chi connectivity index (χ0n) is 15.3. The molecule has 0 aromatic heterocycles. The summed E-state index contributed by atoms with van der Waals surface area (Å²) in [4.78, 5) is 24.7. The molecule has 1 fully saturated rings. The fourth-order valence-corrected chi connectivity index (χ4v) is 3.80. The lowest BCUT2D eigenvalue weighted by atomic mass is 9.79. The third-order valence-electron chi connectivity index (χ3n) is 4.80. The summed E-state index contributed by atoms with van der Waals surface area (Å²) in [5, 5.41) is 2.74. The van der Waals surface area contributed by atoms with E-state index >= 15 is 0 Å². The van der Waals surface area contributed by atoms with Crippen LogP contribution in [0.3, 0.4) is 0 Å². The summed E-state index contributed by atoms with van der Waals surface area (Å²) in [6, 6.07) is 14.2. The standard InChI is InChI=1S/C22H21ClFNO3/c1-14-20(22(27)28-12-6-9-15-7-3-2-4-8-15)16(13-19(26)25-14)21-17(23)10-5-11-18(21)24/h2-5,7-8,10-11,16,20H,1,6,9,12-13H2,(H,25,26)/t16-,20-/m0/s1. The molecule has 2 aromatic carbocycles. The molecular formula is C22H21ClFNO3. The minimum absolute atomic E-state index is 0.0660. The van der Waals surface area contributed by atoms with Gasteiger partial charge in [0.15, 0.2) is 0 Å². The Balaban J connectivity index is 1.70. The fraction of sp³-hybridized carbons (Fsp3) is 0.273. The van der Waals surface area contributed by atoms with E-state index in [1.807, 2.05) is 30.3 Å². The Bertz CT molecular complexity index is 864. The number of nitrogens with one attached hydrogen (secondary N) is 1. The quantitative estimate of drug-likeness (QED) is 0.577. The molecular weight excluding hydrogens is 381 g/mol. The van der Waals surface area contributed by atoms with Crippen molar-refractivity contribution in [2.45, 2.75) is 25.2 Å². The number of rotatable bonds is 6. The highest BCUT2D eigenvalue weighted by molar-refractivity contribution is 6.31. The SMILES string of the molecule is C=C1NC(=O)C[C@H](c2c(F)cccc2Cl)[C@H]1C(=O)OCCCc1ccccc1. The number of halogens is 2. The molecule has 3 rings (SSSR count). The number of benzene rings is 2. The van der Waals surface area contributed by atoms with Gasteiger partial charge in [-0.05, 0) is 30.5 Å². The van der Waals surface area contributed by atoms with Crippen molar-refractivity contribution < 1.29 is 18.7 Å². The summed E-state index contributed by atoms with van der Waals surface area (Å²) in [5.41, 5.74) is 1.50. The van der Waals surface area contributed by atoms with E-state index < -0.39 is 23.6 Å². The molecule has 2 atom stereocenters. The van der Waals surface area contributed by atoms with Gasteiger partial charge in [-0.15, -0.1) is 0 Å². The summed E-state index contributed by atoms with van der Waals surface area (Å²) in [5.74, 6) is -3.06. The van der Waals surface area contributed by atoms with Crippen molar-refractivity contribution in [3.05, 3.63) is 82.8 Å². The number of ether oxygens (including phenoxy) is 1. The molecule has 2 aromatic rings. The van der Waals surface area contributed by atoms with Gasteiger partial charge in [0, 0.05) is 28.6 Å². The number of aryl methyl sites for hydroxylation is 1. The Morgan fingerprint density at radius 2 is 1.96 bits per heavy atom. The molecule has 0 radical (unpaired) electrons. The number of hydrogen-bond acceptors (Lipinski definition) is 3. The first-order valence-corrected chi connectivity index (χ1v) is 9.48. The highest BCUT2D eigenvalue weighted by atomic mass is 35.5. The summed E-state index contributed by atoms with van der Waals surface area (Å²) >= 11 is 6.17. The molecule has 0 aliphatic carbocycles. The zero-order chi connectivity index (χ0) is 20.1. The van der Waals surface area contributed by atoms with Crippen LogP contribution in [0, 0.1) is 11.7 Å². The average molecular weight is 402 g/mol. The molecule has 1 N–H and O–H groups in total. The van der Waals surface area contributed by atoms with Gasteiger partial charge in [0.25, 0.3) is 0 Å². The van der Waals surface area contributed by atoms with Crippen LogP contribution in [0.4, 0.5) is 4.39 Å². The zero-order valence-corrected chi connectivity index (χ0v) is 16.0. The Morgan fingerprint density at radius 1 is 1.21 bits per heavy atom. The normalized spacial score (nSPS) is 19.2. The van der Waals surface area contributed by atoms with Crippen molar-refractivity contribution in [1.29, 1.82) is 0 Å². The van der Waals surface area contributed by atoms with Crippen LogP contribution in [0.25, 0.3) is 0 Å². The van der Waals surface area contributed by atoms with E-state index in [-0.39, 0.29) is 35.2 Å². The minimum Gasteiger partial charge on any atom is -0.465 e. The highest BCUT2D eigenvalue weighted by Crippen LogP contribution is 2.40. The smallest absolute Gasteiger partial charge is 0.315 e. The van der Waals surface area contributed by atoms with Crippen LogP contribution in [0.15, 0.2) is 60.8 Å². The molecule has 0 saturated carbocycles. The largest absolute Gasteiger partial charge is 0.465 e. The Kier molecular flexibility index (Phi) is 6.47. The van der Waals surface area contributed by atoms with Crippen molar-refractivity contribution in [2.24, 2.45) is 5.92 Å². The Hall–Kier alpha value is -2.66. The minimum atomic E-state index is -0.885. The van der Waals surface area contributed by atoms with Crippen LogP contribution < -0.4 is 5.32 Å². The molecule has 0 bridgehead atoms. The van der Waals surface area contributed by atoms with E-state index in [2.05, 4.69) is 11.9 Å².